The molecule has 0 fully saturated rings. The van der Waals surface area contributed by atoms with Gasteiger partial charge in [0.15, 0.2) is 6.61 Å². The first-order chi connectivity index (χ1) is 12.3. The van der Waals surface area contributed by atoms with Crippen LogP contribution in [0.25, 0.3) is 0 Å². The zero-order valence-electron chi connectivity index (χ0n) is 16.0. The van der Waals surface area contributed by atoms with Crippen LogP contribution in [0.1, 0.15) is 31.4 Å². The van der Waals surface area contributed by atoms with Gasteiger partial charge >= 0.3 is 11.9 Å². The van der Waals surface area contributed by atoms with E-state index in [0.717, 1.165) is 16.0 Å². The fourth-order valence-electron chi connectivity index (χ4n) is 2.30. The van der Waals surface area contributed by atoms with Crippen LogP contribution in [-0.4, -0.2) is 43.4 Å². The lowest BCUT2D eigenvalue weighted by atomic mass is 9.99. The van der Waals surface area contributed by atoms with E-state index in [4.69, 9.17) is 9.47 Å². The van der Waals surface area contributed by atoms with Crippen molar-refractivity contribution in [2.45, 2.75) is 45.1 Å². The first-order valence-electron chi connectivity index (χ1n) is 8.51. The third-order valence-corrected chi connectivity index (χ3v) is 5.17. The van der Waals surface area contributed by atoms with Gasteiger partial charge in [-0.25, -0.2) is 4.79 Å². The lowest BCUT2D eigenvalue weighted by Crippen LogP contribution is -2.47. The highest BCUT2D eigenvalue weighted by Crippen LogP contribution is 2.23. The number of aryl methyl sites for hydroxylation is 2. The molecule has 144 valence electrons. The number of esters is 2. The molecule has 0 heterocycles. The number of thioether (sulfide) groups is 1. The number of benzene rings is 1. The van der Waals surface area contributed by atoms with E-state index in [-0.39, 0.29) is 11.7 Å². The second-order valence-corrected chi connectivity index (χ2v) is 7.19. The average molecular weight is 381 g/mol. The summed E-state index contributed by atoms with van der Waals surface area (Å²) in [6, 6.07) is 5.24. The Morgan fingerprint density at radius 2 is 1.92 bits per heavy atom. The Labute approximate surface area is 159 Å². The quantitative estimate of drug-likeness (QED) is 0.523. The van der Waals surface area contributed by atoms with Crippen LogP contribution in [0.4, 0.5) is 0 Å². The van der Waals surface area contributed by atoms with E-state index >= 15 is 0 Å². The number of carbonyl (C=O) groups excluding carboxylic acids is 3. The van der Waals surface area contributed by atoms with Crippen molar-refractivity contribution in [3.63, 3.8) is 0 Å². The molecule has 0 unspecified atom stereocenters. The predicted octanol–water partition coefficient (Wildman–Crippen LogP) is 2.64. The second-order valence-electron chi connectivity index (χ2n) is 6.17. The zero-order valence-corrected chi connectivity index (χ0v) is 16.8. The van der Waals surface area contributed by atoms with E-state index in [9.17, 15) is 14.4 Å². The van der Waals surface area contributed by atoms with E-state index in [1.807, 2.05) is 45.9 Å². The van der Waals surface area contributed by atoms with Crippen LogP contribution in [-0.2, 0) is 23.9 Å². The molecule has 0 aliphatic rings. The van der Waals surface area contributed by atoms with Crippen LogP contribution < -0.4 is 5.32 Å². The number of nitrogens with one attached hydrogen (secondary N) is 1. The number of hydrogen-bond donors (Lipinski definition) is 1. The minimum absolute atomic E-state index is 0.0813. The minimum Gasteiger partial charge on any atom is -0.467 e. The molecule has 0 spiro atoms. The Kier molecular flexibility index (Phi) is 9.19. The number of amides is 1. The molecule has 7 heteroatoms. The summed E-state index contributed by atoms with van der Waals surface area (Å²) in [6.45, 7) is 7.33. The lowest BCUT2D eigenvalue weighted by molar-refractivity contribution is -0.149. The lowest BCUT2D eigenvalue weighted by Gasteiger charge is -2.21. The molecule has 1 aromatic rings. The van der Waals surface area contributed by atoms with Crippen LogP contribution in [0.5, 0.6) is 0 Å². The van der Waals surface area contributed by atoms with Gasteiger partial charge in [-0.15, -0.1) is 11.8 Å². The van der Waals surface area contributed by atoms with Crippen molar-refractivity contribution in [3.05, 3.63) is 29.3 Å². The standard InChI is InChI=1S/C19H27NO5S/c1-6-13(3)18(19(23)24-5)20-16(21)10-25-17(22)11-26-15-8-7-12(2)9-14(15)4/h7-9,13,18H,6,10-11H2,1-5H3,(H,20,21)/t13-,18-/m0/s1. The molecule has 26 heavy (non-hydrogen) atoms. The van der Waals surface area contributed by atoms with Crippen LogP contribution in [0, 0.1) is 19.8 Å². The normalized spacial score (nSPS) is 12.8. The highest BCUT2D eigenvalue weighted by Gasteiger charge is 2.26. The maximum atomic E-state index is 12.0. The van der Waals surface area contributed by atoms with Crippen LogP contribution in [0.2, 0.25) is 0 Å². The van der Waals surface area contributed by atoms with E-state index in [1.54, 1.807) is 0 Å². The third-order valence-electron chi connectivity index (χ3n) is 4.02. The summed E-state index contributed by atoms with van der Waals surface area (Å²) in [5.74, 6) is -1.48. The van der Waals surface area contributed by atoms with Crippen molar-refractivity contribution in [2.75, 3.05) is 19.5 Å². The molecule has 0 bridgehead atoms. The summed E-state index contributed by atoms with van der Waals surface area (Å²) in [5, 5.41) is 2.57. The van der Waals surface area contributed by atoms with Gasteiger partial charge in [0.1, 0.15) is 6.04 Å². The maximum absolute atomic E-state index is 12.0. The fraction of sp³-hybridized carbons (Fsp3) is 0.526. The molecular formula is C19H27NO5S. The molecule has 1 amide bonds. The molecule has 6 nitrogen and oxygen atoms in total. The van der Waals surface area contributed by atoms with Gasteiger partial charge in [-0.1, -0.05) is 38.0 Å². The SMILES string of the molecule is CC[C@H](C)[C@H](NC(=O)COC(=O)CSc1ccc(C)cc1C)C(=O)OC. The Hall–Kier alpha value is -2.02. The van der Waals surface area contributed by atoms with Gasteiger partial charge < -0.3 is 14.8 Å². The number of hydrogen-bond acceptors (Lipinski definition) is 6. The first-order valence-corrected chi connectivity index (χ1v) is 9.49. The highest BCUT2D eigenvalue weighted by molar-refractivity contribution is 8.00. The smallest absolute Gasteiger partial charge is 0.328 e. The summed E-state index contributed by atoms with van der Waals surface area (Å²) in [6.07, 6.45) is 0.701. The van der Waals surface area contributed by atoms with Gasteiger partial charge in [-0.3, -0.25) is 9.59 Å². The molecule has 2 atom stereocenters. The van der Waals surface area contributed by atoms with Crippen molar-refractivity contribution in [1.82, 2.24) is 5.32 Å². The van der Waals surface area contributed by atoms with E-state index in [0.29, 0.717) is 6.42 Å². The number of methoxy groups -OCH3 is 1. The van der Waals surface area contributed by atoms with Gasteiger partial charge in [-0.05, 0) is 31.4 Å². The number of ether oxygens (including phenoxy) is 2. The van der Waals surface area contributed by atoms with Crippen molar-refractivity contribution < 1.29 is 23.9 Å². The Morgan fingerprint density at radius 1 is 1.23 bits per heavy atom. The summed E-state index contributed by atoms with van der Waals surface area (Å²) < 4.78 is 9.70. The Morgan fingerprint density at radius 3 is 2.50 bits per heavy atom. The third kappa shape index (κ3) is 7.07. The van der Waals surface area contributed by atoms with E-state index in [2.05, 4.69) is 5.32 Å². The van der Waals surface area contributed by atoms with Crippen LogP contribution in [0.15, 0.2) is 23.1 Å². The largest absolute Gasteiger partial charge is 0.467 e. The average Bonchev–Trinajstić information content (AvgIpc) is 2.62. The summed E-state index contributed by atoms with van der Waals surface area (Å²) >= 11 is 1.37. The van der Waals surface area contributed by atoms with Gasteiger partial charge in [0.25, 0.3) is 5.91 Å². The second kappa shape index (κ2) is 10.9. The van der Waals surface area contributed by atoms with Gasteiger partial charge in [0, 0.05) is 4.90 Å². The molecule has 0 saturated heterocycles. The molecule has 0 saturated carbocycles. The van der Waals surface area contributed by atoms with Gasteiger partial charge in [0.2, 0.25) is 0 Å². The summed E-state index contributed by atoms with van der Waals surface area (Å²) in [5.41, 5.74) is 2.25. The van der Waals surface area contributed by atoms with Gasteiger partial charge in [-0.2, -0.15) is 0 Å². The Balaban J connectivity index is 2.45. The highest BCUT2D eigenvalue weighted by atomic mass is 32.2. The summed E-state index contributed by atoms with van der Waals surface area (Å²) in [4.78, 5) is 36.6. The van der Waals surface area contributed by atoms with Crippen molar-refractivity contribution >= 4 is 29.6 Å². The molecule has 1 rings (SSSR count). The fourth-order valence-corrected chi connectivity index (χ4v) is 3.10. The molecule has 0 aromatic heterocycles. The van der Waals surface area contributed by atoms with Crippen LogP contribution in [0.3, 0.4) is 0 Å². The molecule has 1 N–H and O–H groups in total. The maximum Gasteiger partial charge on any atom is 0.328 e. The molecule has 1 aromatic carbocycles. The molecule has 0 aliphatic carbocycles. The van der Waals surface area contributed by atoms with Crippen molar-refractivity contribution in [2.24, 2.45) is 5.92 Å². The number of rotatable bonds is 9. The van der Waals surface area contributed by atoms with Crippen molar-refractivity contribution in [1.29, 1.82) is 0 Å². The van der Waals surface area contributed by atoms with Crippen molar-refractivity contribution in [3.8, 4) is 0 Å². The summed E-state index contributed by atoms with van der Waals surface area (Å²) in [7, 11) is 1.27. The molecule has 0 aliphatic heterocycles. The van der Waals surface area contributed by atoms with Gasteiger partial charge in [0.05, 0.1) is 12.9 Å². The van der Waals surface area contributed by atoms with Crippen LogP contribution >= 0.6 is 11.8 Å². The first kappa shape index (κ1) is 22.0. The monoisotopic (exact) mass is 381 g/mol. The molecular weight excluding hydrogens is 354 g/mol. The van der Waals surface area contributed by atoms with E-state index in [1.165, 1.54) is 18.9 Å². The zero-order chi connectivity index (χ0) is 19.7. The van der Waals surface area contributed by atoms with E-state index < -0.39 is 30.5 Å². The number of carbonyl (C=O) groups is 3. The Bertz CT molecular complexity index is 647. The topological polar surface area (TPSA) is 81.7 Å². The molecule has 0 radical (unpaired) electrons. The predicted molar refractivity (Wildman–Crippen MR) is 101 cm³/mol. The minimum atomic E-state index is -0.749.